The fourth-order valence-electron chi connectivity index (χ4n) is 3.78. The molecular formula is C24H21N3O2. The van der Waals surface area contributed by atoms with E-state index in [1.807, 2.05) is 36.4 Å². The zero-order valence-corrected chi connectivity index (χ0v) is 15.9. The van der Waals surface area contributed by atoms with Crippen LogP contribution in [0.5, 0.6) is 0 Å². The van der Waals surface area contributed by atoms with Gasteiger partial charge >= 0.3 is 0 Å². The average Bonchev–Trinajstić information content (AvgIpc) is 3.42. The minimum Gasteiger partial charge on any atom is -0.469 e. The van der Waals surface area contributed by atoms with Crippen molar-refractivity contribution in [3.8, 4) is 0 Å². The summed E-state index contributed by atoms with van der Waals surface area (Å²) in [5.41, 5.74) is 3.66. The number of nitrogens with zero attached hydrogens (tertiary/aromatic N) is 2. The Hall–Kier alpha value is -3.60. The van der Waals surface area contributed by atoms with E-state index in [1.54, 1.807) is 12.6 Å². The Balaban J connectivity index is 1.35. The first-order chi connectivity index (χ1) is 14.4. The molecule has 0 radical (unpaired) electrons. The van der Waals surface area contributed by atoms with E-state index >= 15 is 0 Å². The molecule has 29 heavy (non-hydrogen) atoms. The molecule has 0 saturated heterocycles. The van der Waals surface area contributed by atoms with Crippen LogP contribution < -0.4 is 5.32 Å². The third-order valence-electron chi connectivity index (χ3n) is 5.21. The Morgan fingerprint density at radius 1 is 0.897 bits per heavy atom. The van der Waals surface area contributed by atoms with Crippen LogP contribution in [0.15, 0.2) is 88.2 Å². The van der Waals surface area contributed by atoms with Gasteiger partial charge < -0.3 is 14.2 Å². The highest BCUT2D eigenvalue weighted by Crippen LogP contribution is 2.31. The molecule has 0 aliphatic rings. The summed E-state index contributed by atoms with van der Waals surface area (Å²) in [6, 6.07) is 22.4. The van der Waals surface area contributed by atoms with Crippen molar-refractivity contribution in [2.45, 2.75) is 18.8 Å². The Bertz CT molecular complexity index is 1210. The Kier molecular flexibility index (Phi) is 4.70. The molecule has 0 spiro atoms. The largest absolute Gasteiger partial charge is 0.469 e. The molecule has 5 aromatic rings. The van der Waals surface area contributed by atoms with Gasteiger partial charge in [-0.15, -0.1) is 0 Å². The molecule has 5 rings (SSSR count). The van der Waals surface area contributed by atoms with Gasteiger partial charge in [-0.3, -0.25) is 0 Å². The van der Waals surface area contributed by atoms with Crippen molar-refractivity contribution in [1.82, 2.24) is 9.97 Å². The Morgan fingerprint density at radius 2 is 1.76 bits per heavy atom. The SMILES string of the molecule is c1ccc(C[C@H](CCNc2ncnc3c2oc2ccccc23)c2ccco2)cc1. The van der Waals surface area contributed by atoms with Gasteiger partial charge in [0.25, 0.3) is 0 Å². The number of aromatic nitrogens is 2. The van der Waals surface area contributed by atoms with E-state index in [-0.39, 0.29) is 5.92 Å². The lowest BCUT2D eigenvalue weighted by molar-refractivity contribution is 0.448. The smallest absolute Gasteiger partial charge is 0.196 e. The van der Waals surface area contributed by atoms with E-state index in [2.05, 4.69) is 45.6 Å². The quantitative estimate of drug-likeness (QED) is 0.385. The molecule has 1 N–H and O–H groups in total. The summed E-state index contributed by atoms with van der Waals surface area (Å²) < 4.78 is 11.7. The second-order valence-corrected chi connectivity index (χ2v) is 7.12. The van der Waals surface area contributed by atoms with Crippen molar-refractivity contribution in [3.05, 3.63) is 90.6 Å². The molecule has 0 aliphatic heterocycles. The minimum absolute atomic E-state index is 0.285. The molecule has 144 valence electrons. The molecule has 5 nitrogen and oxygen atoms in total. The van der Waals surface area contributed by atoms with Gasteiger partial charge in [-0.1, -0.05) is 42.5 Å². The molecule has 2 aromatic carbocycles. The molecule has 3 aromatic heterocycles. The van der Waals surface area contributed by atoms with Gasteiger partial charge in [0, 0.05) is 17.8 Å². The first kappa shape index (κ1) is 17.5. The summed E-state index contributed by atoms with van der Waals surface area (Å²) >= 11 is 0. The van der Waals surface area contributed by atoms with Crippen molar-refractivity contribution in [3.63, 3.8) is 0 Å². The number of fused-ring (bicyclic) bond motifs is 3. The fraction of sp³-hybridized carbons (Fsp3) is 0.167. The van der Waals surface area contributed by atoms with Crippen molar-refractivity contribution >= 4 is 27.9 Å². The normalized spacial score (nSPS) is 12.4. The number of nitrogens with one attached hydrogen (secondary N) is 1. The minimum atomic E-state index is 0.285. The molecule has 0 amide bonds. The molecule has 3 heterocycles. The summed E-state index contributed by atoms with van der Waals surface area (Å²) in [7, 11) is 0. The Labute approximate surface area is 168 Å². The van der Waals surface area contributed by atoms with Gasteiger partial charge in [-0.05, 0) is 42.7 Å². The summed E-state index contributed by atoms with van der Waals surface area (Å²) in [4.78, 5) is 8.82. The topological polar surface area (TPSA) is 64.1 Å². The third-order valence-corrected chi connectivity index (χ3v) is 5.21. The van der Waals surface area contributed by atoms with Crippen LogP contribution in [0.3, 0.4) is 0 Å². The summed E-state index contributed by atoms with van der Waals surface area (Å²) in [6.07, 6.45) is 5.16. The van der Waals surface area contributed by atoms with Crippen LogP contribution in [-0.4, -0.2) is 16.5 Å². The van der Waals surface area contributed by atoms with Crippen LogP contribution in [0.25, 0.3) is 22.1 Å². The maximum Gasteiger partial charge on any atom is 0.196 e. The van der Waals surface area contributed by atoms with Crippen LogP contribution in [0.2, 0.25) is 0 Å². The van der Waals surface area contributed by atoms with E-state index in [0.29, 0.717) is 5.58 Å². The predicted octanol–water partition coefficient (Wildman–Crippen LogP) is 5.80. The molecular weight excluding hydrogens is 362 g/mol. The molecule has 0 fully saturated rings. The number of para-hydroxylation sites is 1. The lowest BCUT2D eigenvalue weighted by Crippen LogP contribution is -2.11. The predicted molar refractivity (Wildman–Crippen MR) is 114 cm³/mol. The van der Waals surface area contributed by atoms with Crippen molar-refractivity contribution < 1.29 is 8.83 Å². The number of rotatable bonds is 7. The second-order valence-electron chi connectivity index (χ2n) is 7.12. The zero-order valence-electron chi connectivity index (χ0n) is 15.9. The summed E-state index contributed by atoms with van der Waals surface area (Å²) in [5, 5.41) is 4.45. The first-order valence-corrected chi connectivity index (χ1v) is 9.82. The van der Waals surface area contributed by atoms with E-state index in [1.165, 1.54) is 5.56 Å². The van der Waals surface area contributed by atoms with E-state index in [9.17, 15) is 0 Å². The molecule has 0 bridgehead atoms. The van der Waals surface area contributed by atoms with E-state index in [0.717, 1.165) is 47.5 Å². The van der Waals surface area contributed by atoms with Gasteiger partial charge in [-0.25, -0.2) is 9.97 Å². The average molecular weight is 383 g/mol. The monoisotopic (exact) mass is 383 g/mol. The van der Waals surface area contributed by atoms with Crippen LogP contribution in [0, 0.1) is 0 Å². The van der Waals surface area contributed by atoms with Crippen molar-refractivity contribution in [2.24, 2.45) is 0 Å². The summed E-state index contributed by atoms with van der Waals surface area (Å²) in [6.45, 7) is 0.751. The van der Waals surface area contributed by atoms with Gasteiger partial charge in [0.1, 0.15) is 23.2 Å². The third kappa shape index (κ3) is 3.59. The highest BCUT2D eigenvalue weighted by Gasteiger charge is 2.17. The van der Waals surface area contributed by atoms with Crippen LogP contribution >= 0.6 is 0 Å². The van der Waals surface area contributed by atoms with E-state index in [4.69, 9.17) is 8.83 Å². The van der Waals surface area contributed by atoms with Crippen molar-refractivity contribution in [2.75, 3.05) is 11.9 Å². The number of hydrogen-bond acceptors (Lipinski definition) is 5. The highest BCUT2D eigenvalue weighted by atomic mass is 16.3. The maximum atomic E-state index is 6.00. The van der Waals surface area contributed by atoms with E-state index < -0.39 is 0 Å². The van der Waals surface area contributed by atoms with Crippen LogP contribution in [-0.2, 0) is 6.42 Å². The van der Waals surface area contributed by atoms with Crippen molar-refractivity contribution in [1.29, 1.82) is 0 Å². The highest BCUT2D eigenvalue weighted by molar-refractivity contribution is 6.05. The molecule has 1 atom stereocenters. The number of hydrogen-bond donors (Lipinski definition) is 1. The molecule has 0 aliphatic carbocycles. The standard InChI is InChI=1S/C24H21N3O2/c1-2-7-17(8-3-1)15-18(20-11-6-14-28-20)12-13-25-24-23-22(26-16-27-24)19-9-4-5-10-21(19)29-23/h1-11,14,16,18H,12-13,15H2,(H,25,26,27)/t18-/m0/s1. The van der Waals surface area contributed by atoms with Gasteiger partial charge in [0.2, 0.25) is 0 Å². The lowest BCUT2D eigenvalue weighted by atomic mass is 9.94. The summed E-state index contributed by atoms with van der Waals surface area (Å²) in [5.74, 6) is 2.02. The zero-order chi connectivity index (χ0) is 19.5. The maximum absolute atomic E-state index is 6.00. The Morgan fingerprint density at radius 3 is 2.62 bits per heavy atom. The lowest BCUT2D eigenvalue weighted by Gasteiger charge is -2.15. The number of benzene rings is 2. The molecule has 5 heteroatoms. The van der Waals surface area contributed by atoms with Crippen LogP contribution in [0.1, 0.15) is 23.7 Å². The molecule has 0 saturated carbocycles. The first-order valence-electron chi connectivity index (χ1n) is 9.82. The molecule has 0 unspecified atom stereocenters. The number of furan rings is 2. The number of anilines is 1. The fourth-order valence-corrected chi connectivity index (χ4v) is 3.78. The second kappa shape index (κ2) is 7.80. The van der Waals surface area contributed by atoms with Gasteiger partial charge in [-0.2, -0.15) is 0 Å². The van der Waals surface area contributed by atoms with Gasteiger partial charge in [0.05, 0.1) is 6.26 Å². The van der Waals surface area contributed by atoms with Crippen LogP contribution in [0.4, 0.5) is 5.82 Å². The van der Waals surface area contributed by atoms with Gasteiger partial charge in [0.15, 0.2) is 11.4 Å².